The molecule has 0 aromatic carbocycles. The van der Waals surface area contributed by atoms with E-state index in [4.69, 9.17) is 4.74 Å². The summed E-state index contributed by atoms with van der Waals surface area (Å²) < 4.78 is 9.94. The molecule has 0 atom stereocenters. The first-order chi connectivity index (χ1) is 8.13. The van der Waals surface area contributed by atoms with Crippen LogP contribution in [0.3, 0.4) is 0 Å². The van der Waals surface area contributed by atoms with E-state index in [0.29, 0.717) is 0 Å². The average molecular weight is 238 g/mol. The van der Waals surface area contributed by atoms with Gasteiger partial charge in [0, 0.05) is 6.08 Å². The van der Waals surface area contributed by atoms with Gasteiger partial charge in [-0.25, -0.2) is 9.59 Å². The third-order valence-corrected chi connectivity index (χ3v) is 2.67. The second-order valence-corrected chi connectivity index (χ2v) is 4.11. The van der Waals surface area contributed by atoms with Gasteiger partial charge in [-0.3, -0.25) is 0 Å². The van der Waals surface area contributed by atoms with Gasteiger partial charge in [0.1, 0.15) is 12.4 Å². The standard InChI is InChI=1S/C13H18O4/c1-3-12(14)16-9-10(2)13(15)17-11-7-5-4-6-8-11/h3,9,11H,1,4-8H2,2H3. The van der Waals surface area contributed by atoms with Gasteiger partial charge in [-0.15, -0.1) is 0 Å². The molecule has 0 heterocycles. The summed E-state index contributed by atoms with van der Waals surface area (Å²) >= 11 is 0. The molecular weight excluding hydrogens is 220 g/mol. The Balaban J connectivity index is 2.39. The first-order valence-electron chi connectivity index (χ1n) is 5.84. The SMILES string of the molecule is C=CC(=O)OC=C(C)C(=O)OC1CCCCC1. The highest BCUT2D eigenvalue weighted by Crippen LogP contribution is 2.21. The van der Waals surface area contributed by atoms with Crippen molar-refractivity contribution in [3.05, 3.63) is 24.5 Å². The molecule has 1 fully saturated rings. The zero-order chi connectivity index (χ0) is 12.7. The van der Waals surface area contributed by atoms with E-state index < -0.39 is 11.9 Å². The van der Waals surface area contributed by atoms with Crippen LogP contribution in [0.25, 0.3) is 0 Å². The molecule has 1 saturated carbocycles. The zero-order valence-electron chi connectivity index (χ0n) is 10.1. The first kappa shape index (κ1) is 13.5. The lowest BCUT2D eigenvalue weighted by atomic mass is 9.98. The smallest absolute Gasteiger partial charge is 0.337 e. The van der Waals surface area contributed by atoms with Gasteiger partial charge in [-0.05, 0) is 32.6 Å². The number of ether oxygens (including phenoxy) is 2. The molecule has 0 radical (unpaired) electrons. The lowest BCUT2D eigenvalue weighted by Crippen LogP contribution is -2.21. The van der Waals surface area contributed by atoms with E-state index in [2.05, 4.69) is 11.3 Å². The van der Waals surface area contributed by atoms with Gasteiger partial charge in [0.05, 0.1) is 5.57 Å². The maximum atomic E-state index is 11.6. The van der Waals surface area contributed by atoms with Crippen LogP contribution in [-0.4, -0.2) is 18.0 Å². The number of carbonyl (C=O) groups is 2. The molecule has 94 valence electrons. The Morgan fingerprint density at radius 2 is 1.88 bits per heavy atom. The predicted molar refractivity (Wildman–Crippen MR) is 63.0 cm³/mol. The topological polar surface area (TPSA) is 52.6 Å². The molecule has 0 N–H and O–H groups in total. The summed E-state index contributed by atoms with van der Waals surface area (Å²) in [5, 5.41) is 0. The van der Waals surface area contributed by atoms with Gasteiger partial charge in [-0.2, -0.15) is 0 Å². The maximum absolute atomic E-state index is 11.6. The van der Waals surface area contributed by atoms with Gasteiger partial charge >= 0.3 is 11.9 Å². The molecule has 1 rings (SSSR count). The molecule has 17 heavy (non-hydrogen) atoms. The van der Waals surface area contributed by atoms with Crippen LogP contribution in [0.1, 0.15) is 39.0 Å². The van der Waals surface area contributed by atoms with E-state index in [1.54, 1.807) is 6.92 Å². The van der Waals surface area contributed by atoms with Crippen LogP contribution in [-0.2, 0) is 19.1 Å². The van der Waals surface area contributed by atoms with E-state index in [9.17, 15) is 9.59 Å². The number of esters is 2. The van der Waals surface area contributed by atoms with Crippen molar-refractivity contribution in [1.82, 2.24) is 0 Å². The van der Waals surface area contributed by atoms with Crippen molar-refractivity contribution >= 4 is 11.9 Å². The van der Waals surface area contributed by atoms with E-state index >= 15 is 0 Å². The minimum atomic E-state index is -0.588. The van der Waals surface area contributed by atoms with Crippen molar-refractivity contribution in [1.29, 1.82) is 0 Å². The summed E-state index contributed by atoms with van der Waals surface area (Å²) in [6.45, 7) is 4.81. The largest absolute Gasteiger partial charge is 0.459 e. The normalized spacial score (nSPS) is 17.4. The number of carbonyl (C=O) groups excluding carboxylic acids is 2. The quantitative estimate of drug-likeness (QED) is 0.429. The molecule has 0 saturated heterocycles. The summed E-state index contributed by atoms with van der Waals surface area (Å²) in [5.74, 6) is -1.01. The predicted octanol–water partition coefficient (Wildman–Crippen LogP) is 2.50. The third kappa shape index (κ3) is 4.85. The Morgan fingerprint density at radius 1 is 1.24 bits per heavy atom. The van der Waals surface area contributed by atoms with Crippen LogP contribution in [0.15, 0.2) is 24.5 Å². The Kier molecular flexibility index (Phi) is 5.46. The Morgan fingerprint density at radius 3 is 2.47 bits per heavy atom. The molecule has 0 aromatic rings. The van der Waals surface area contributed by atoms with Crippen LogP contribution in [0.2, 0.25) is 0 Å². The minimum absolute atomic E-state index is 0.00899. The van der Waals surface area contributed by atoms with E-state index in [0.717, 1.165) is 38.0 Å². The Bertz CT molecular complexity index is 324. The molecule has 0 amide bonds. The molecule has 0 spiro atoms. The molecule has 0 bridgehead atoms. The molecule has 0 unspecified atom stereocenters. The van der Waals surface area contributed by atoms with Crippen molar-refractivity contribution in [2.45, 2.75) is 45.1 Å². The summed E-state index contributed by atoms with van der Waals surface area (Å²) in [6.07, 6.45) is 7.41. The highest BCUT2D eigenvalue weighted by Gasteiger charge is 2.18. The molecule has 1 aliphatic carbocycles. The average Bonchev–Trinajstić information content (AvgIpc) is 2.36. The monoisotopic (exact) mass is 238 g/mol. The van der Waals surface area contributed by atoms with Crippen molar-refractivity contribution < 1.29 is 19.1 Å². The summed E-state index contributed by atoms with van der Waals surface area (Å²) in [7, 11) is 0. The summed E-state index contributed by atoms with van der Waals surface area (Å²) in [6, 6.07) is 0. The minimum Gasteiger partial charge on any atom is -0.459 e. The second kappa shape index (κ2) is 6.89. The fourth-order valence-electron chi connectivity index (χ4n) is 1.67. The first-order valence-corrected chi connectivity index (χ1v) is 5.84. The van der Waals surface area contributed by atoms with Gasteiger partial charge in [0.2, 0.25) is 0 Å². The third-order valence-electron chi connectivity index (χ3n) is 2.67. The molecule has 0 aromatic heterocycles. The maximum Gasteiger partial charge on any atom is 0.337 e. The van der Waals surface area contributed by atoms with Crippen LogP contribution >= 0.6 is 0 Å². The van der Waals surface area contributed by atoms with Crippen molar-refractivity contribution in [2.75, 3.05) is 0 Å². The molecule has 4 nitrogen and oxygen atoms in total. The lowest BCUT2D eigenvalue weighted by molar-refractivity contribution is -0.145. The lowest BCUT2D eigenvalue weighted by Gasteiger charge is -2.21. The number of hydrogen-bond donors (Lipinski definition) is 0. The molecular formula is C13H18O4. The van der Waals surface area contributed by atoms with Crippen LogP contribution in [0, 0.1) is 0 Å². The summed E-state index contributed by atoms with van der Waals surface area (Å²) in [5.41, 5.74) is 0.283. The van der Waals surface area contributed by atoms with E-state index in [1.165, 1.54) is 6.42 Å². The van der Waals surface area contributed by atoms with Gasteiger partial charge in [-0.1, -0.05) is 13.0 Å². The van der Waals surface area contributed by atoms with Crippen molar-refractivity contribution in [3.63, 3.8) is 0 Å². The number of rotatable bonds is 4. The fraction of sp³-hybridized carbons (Fsp3) is 0.538. The van der Waals surface area contributed by atoms with Crippen LogP contribution in [0.4, 0.5) is 0 Å². The molecule has 1 aliphatic rings. The van der Waals surface area contributed by atoms with Gasteiger partial charge < -0.3 is 9.47 Å². The van der Waals surface area contributed by atoms with Crippen LogP contribution < -0.4 is 0 Å². The highest BCUT2D eigenvalue weighted by atomic mass is 16.5. The summed E-state index contributed by atoms with van der Waals surface area (Å²) in [4.78, 5) is 22.4. The molecule has 0 aliphatic heterocycles. The Labute approximate surface area is 101 Å². The highest BCUT2D eigenvalue weighted by molar-refractivity contribution is 5.88. The fourth-order valence-corrected chi connectivity index (χ4v) is 1.67. The Hall–Kier alpha value is -1.58. The van der Waals surface area contributed by atoms with E-state index in [1.807, 2.05) is 0 Å². The van der Waals surface area contributed by atoms with Crippen molar-refractivity contribution in [3.8, 4) is 0 Å². The van der Waals surface area contributed by atoms with Gasteiger partial charge in [0.25, 0.3) is 0 Å². The van der Waals surface area contributed by atoms with Crippen LogP contribution in [0.5, 0.6) is 0 Å². The van der Waals surface area contributed by atoms with Gasteiger partial charge in [0.15, 0.2) is 0 Å². The second-order valence-electron chi connectivity index (χ2n) is 4.11. The zero-order valence-corrected chi connectivity index (χ0v) is 10.1. The number of hydrogen-bond acceptors (Lipinski definition) is 4. The van der Waals surface area contributed by atoms with Crippen molar-refractivity contribution in [2.24, 2.45) is 0 Å². The van der Waals surface area contributed by atoms with E-state index in [-0.39, 0.29) is 11.7 Å². The molecule has 4 heteroatoms.